The highest BCUT2D eigenvalue weighted by Crippen LogP contribution is 2.52. The topological polar surface area (TPSA) is 79.0 Å². The van der Waals surface area contributed by atoms with Crippen molar-refractivity contribution >= 4 is 29.5 Å². The number of likely N-dealkylation sites (tertiary alicyclic amines) is 1. The number of hydrogen-bond acceptors (Lipinski definition) is 5. The first-order valence-corrected chi connectivity index (χ1v) is 12.0. The van der Waals surface area contributed by atoms with E-state index in [1.54, 1.807) is 31.4 Å². The Labute approximate surface area is 209 Å². The number of ether oxygens (including phenoxy) is 1. The first-order chi connectivity index (χ1) is 17.6. The summed E-state index contributed by atoms with van der Waals surface area (Å²) < 4.78 is 5.20. The molecule has 3 aliphatic heterocycles. The molecule has 1 unspecified atom stereocenters. The minimum Gasteiger partial charge on any atom is -0.497 e. The number of nitrogens with one attached hydrogen (secondary N) is 1. The molecular formula is C29H25N3O4. The Hall–Kier alpha value is -4.39. The van der Waals surface area contributed by atoms with Gasteiger partial charge in [0.1, 0.15) is 11.8 Å². The largest absolute Gasteiger partial charge is 0.497 e. The molecule has 36 heavy (non-hydrogen) atoms. The highest BCUT2D eigenvalue weighted by Gasteiger charge is 2.64. The van der Waals surface area contributed by atoms with Gasteiger partial charge in [-0.3, -0.25) is 19.3 Å². The monoisotopic (exact) mass is 479 g/mol. The second-order valence-electron chi connectivity index (χ2n) is 9.30. The lowest BCUT2D eigenvalue weighted by molar-refractivity contribution is -0.143. The summed E-state index contributed by atoms with van der Waals surface area (Å²) in [5, 5.41) is 2.95. The molecule has 2 fully saturated rings. The maximum Gasteiger partial charge on any atom is 0.247 e. The van der Waals surface area contributed by atoms with Crippen LogP contribution in [-0.2, 0) is 20.9 Å². The van der Waals surface area contributed by atoms with Gasteiger partial charge in [-0.05, 0) is 47.0 Å². The molecule has 3 aromatic rings. The second-order valence-corrected chi connectivity index (χ2v) is 9.30. The van der Waals surface area contributed by atoms with E-state index in [0.717, 1.165) is 16.7 Å². The first-order valence-electron chi connectivity index (χ1n) is 12.0. The maximum absolute atomic E-state index is 13.8. The quantitative estimate of drug-likeness (QED) is 0.563. The molecule has 1 N–H and O–H groups in total. The van der Waals surface area contributed by atoms with Crippen molar-refractivity contribution in [2.75, 3.05) is 12.4 Å². The number of anilines is 1. The summed E-state index contributed by atoms with van der Waals surface area (Å²) in [4.78, 5) is 44.5. The van der Waals surface area contributed by atoms with Crippen molar-refractivity contribution in [1.29, 1.82) is 0 Å². The van der Waals surface area contributed by atoms with E-state index in [4.69, 9.17) is 4.74 Å². The fourth-order valence-corrected chi connectivity index (χ4v) is 5.73. The van der Waals surface area contributed by atoms with Crippen molar-refractivity contribution in [2.24, 2.45) is 11.8 Å². The summed E-state index contributed by atoms with van der Waals surface area (Å²) in [6.45, 7) is 0.197. The van der Waals surface area contributed by atoms with E-state index < -0.39 is 17.9 Å². The maximum atomic E-state index is 13.8. The predicted molar refractivity (Wildman–Crippen MR) is 134 cm³/mol. The third-order valence-electron chi connectivity index (χ3n) is 7.36. The van der Waals surface area contributed by atoms with Crippen molar-refractivity contribution < 1.29 is 19.1 Å². The molecule has 3 amide bonds. The third-order valence-corrected chi connectivity index (χ3v) is 7.36. The Morgan fingerprint density at radius 2 is 1.58 bits per heavy atom. The summed E-state index contributed by atoms with van der Waals surface area (Å²) in [7, 11) is 1.58. The molecule has 0 bridgehead atoms. The molecule has 7 nitrogen and oxygen atoms in total. The summed E-state index contributed by atoms with van der Waals surface area (Å²) in [5.74, 6) is -1.58. The van der Waals surface area contributed by atoms with Gasteiger partial charge in [-0.2, -0.15) is 0 Å². The summed E-state index contributed by atoms with van der Waals surface area (Å²) in [5.41, 5.74) is 3.42. The van der Waals surface area contributed by atoms with Gasteiger partial charge in [-0.25, -0.2) is 0 Å². The molecule has 0 saturated carbocycles. The van der Waals surface area contributed by atoms with Crippen LogP contribution in [0.3, 0.4) is 0 Å². The third kappa shape index (κ3) is 3.47. The average Bonchev–Trinajstić information content (AvgIpc) is 3.38. The molecular weight excluding hydrogens is 454 g/mol. The van der Waals surface area contributed by atoms with Crippen LogP contribution in [0.15, 0.2) is 85.1 Å². The van der Waals surface area contributed by atoms with Gasteiger partial charge in [0.15, 0.2) is 0 Å². The van der Waals surface area contributed by atoms with Crippen molar-refractivity contribution in [2.45, 2.75) is 18.6 Å². The molecule has 0 aliphatic carbocycles. The number of rotatable bonds is 5. The van der Waals surface area contributed by atoms with Crippen molar-refractivity contribution in [3.8, 4) is 5.75 Å². The Bertz CT molecular complexity index is 1370. The van der Waals surface area contributed by atoms with Gasteiger partial charge in [-0.15, -0.1) is 0 Å². The number of fused-ring (bicyclic) bond motifs is 5. The molecule has 0 aromatic heterocycles. The van der Waals surface area contributed by atoms with Gasteiger partial charge >= 0.3 is 0 Å². The number of carbonyl (C=O) groups is 3. The minimum atomic E-state index is -0.816. The van der Waals surface area contributed by atoms with Gasteiger partial charge in [0.05, 0.1) is 31.5 Å². The molecule has 3 aliphatic rings. The van der Waals surface area contributed by atoms with E-state index >= 15 is 0 Å². The average molecular weight is 480 g/mol. The first kappa shape index (κ1) is 22.1. The second kappa shape index (κ2) is 8.68. The van der Waals surface area contributed by atoms with E-state index in [1.165, 1.54) is 4.90 Å². The summed E-state index contributed by atoms with van der Waals surface area (Å²) >= 11 is 0. The molecule has 4 atom stereocenters. The lowest BCUT2D eigenvalue weighted by Gasteiger charge is -2.35. The van der Waals surface area contributed by atoms with Crippen LogP contribution in [0.25, 0.3) is 6.08 Å². The fourth-order valence-electron chi connectivity index (χ4n) is 5.73. The lowest BCUT2D eigenvalue weighted by atomic mass is 9.84. The van der Waals surface area contributed by atoms with Crippen LogP contribution in [0.4, 0.5) is 5.69 Å². The highest BCUT2D eigenvalue weighted by molar-refractivity contribution is 6.10. The zero-order valence-electron chi connectivity index (χ0n) is 19.7. The number of benzene rings is 3. The minimum absolute atomic E-state index is 0.197. The van der Waals surface area contributed by atoms with Crippen LogP contribution in [0.2, 0.25) is 0 Å². The van der Waals surface area contributed by atoms with Crippen molar-refractivity contribution in [1.82, 2.24) is 9.80 Å². The standard InChI is InChI=1S/C29H25N3O4/c1-36-21-13-11-20(12-14-21)30-27(33)26-24-23(25-22-10-6-5-9-19(22)15-16-31(25)26)28(34)32(29(24)35)17-18-7-3-2-4-8-18/h2-16,23-26H,17H2,1H3,(H,30,33)/t23-,24+,25?,26-/m0/s1. The van der Waals surface area contributed by atoms with E-state index in [9.17, 15) is 14.4 Å². The number of carbonyl (C=O) groups excluding carboxylic acids is 3. The predicted octanol–water partition coefficient (Wildman–Crippen LogP) is 3.84. The van der Waals surface area contributed by atoms with Crippen LogP contribution in [0.5, 0.6) is 5.75 Å². The van der Waals surface area contributed by atoms with E-state index in [0.29, 0.717) is 11.4 Å². The van der Waals surface area contributed by atoms with E-state index in [1.807, 2.05) is 71.8 Å². The lowest BCUT2D eigenvalue weighted by Crippen LogP contribution is -2.46. The number of hydrogen-bond donors (Lipinski definition) is 1. The van der Waals surface area contributed by atoms with Crippen LogP contribution in [-0.4, -0.2) is 40.7 Å². The molecule has 3 heterocycles. The fraction of sp³-hybridized carbons (Fsp3) is 0.207. The van der Waals surface area contributed by atoms with Crippen LogP contribution >= 0.6 is 0 Å². The normalized spacial score (nSPS) is 23.8. The number of amides is 3. The molecule has 0 radical (unpaired) electrons. The molecule has 7 heteroatoms. The Kier molecular flexibility index (Phi) is 5.33. The van der Waals surface area contributed by atoms with Gasteiger partial charge in [0, 0.05) is 11.9 Å². The molecule has 180 valence electrons. The highest BCUT2D eigenvalue weighted by atomic mass is 16.5. The Morgan fingerprint density at radius 1 is 0.889 bits per heavy atom. The van der Waals surface area contributed by atoms with Gasteiger partial charge < -0.3 is 15.0 Å². The number of imide groups is 1. The van der Waals surface area contributed by atoms with E-state index in [2.05, 4.69) is 5.32 Å². The van der Waals surface area contributed by atoms with Gasteiger partial charge in [-0.1, -0.05) is 54.6 Å². The molecule has 2 saturated heterocycles. The molecule has 0 spiro atoms. The SMILES string of the molecule is COc1ccc(NC(=O)[C@@H]2[C@@H]3C(=O)N(Cc4ccccc4)C(=O)[C@@H]3C3c4ccccc4C=CN32)cc1. The smallest absolute Gasteiger partial charge is 0.247 e. The van der Waals surface area contributed by atoms with E-state index in [-0.39, 0.29) is 30.3 Å². The Balaban J connectivity index is 1.37. The number of nitrogens with zero attached hydrogens (tertiary/aromatic N) is 2. The van der Waals surface area contributed by atoms with Crippen molar-refractivity contribution in [3.63, 3.8) is 0 Å². The van der Waals surface area contributed by atoms with Crippen molar-refractivity contribution in [3.05, 3.63) is 102 Å². The van der Waals surface area contributed by atoms with Crippen LogP contribution in [0, 0.1) is 11.8 Å². The Morgan fingerprint density at radius 3 is 2.33 bits per heavy atom. The summed E-state index contributed by atoms with van der Waals surface area (Å²) in [6, 6.07) is 23.1. The zero-order chi connectivity index (χ0) is 24.8. The summed E-state index contributed by atoms with van der Waals surface area (Å²) in [6.07, 6.45) is 3.79. The van der Waals surface area contributed by atoms with Gasteiger partial charge in [0.25, 0.3) is 0 Å². The number of methoxy groups -OCH3 is 1. The van der Waals surface area contributed by atoms with Crippen LogP contribution < -0.4 is 10.1 Å². The molecule has 3 aromatic carbocycles. The van der Waals surface area contributed by atoms with Crippen LogP contribution in [0.1, 0.15) is 22.7 Å². The zero-order valence-corrected chi connectivity index (χ0v) is 19.7. The molecule has 6 rings (SSSR count). The van der Waals surface area contributed by atoms with Gasteiger partial charge in [0.2, 0.25) is 17.7 Å².